The highest BCUT2D eigenvalue weighted by Crippen LogP contribution is 2.21. The molecule has 0 radical (unpaired) electrons. The Morgan fingerprint density at radius 2 is 2.38 bits per heavy atom. The van der Waals surface area contributed by atoms with E-state index in [0.717, 1.165) is 43.2 Å². The fourth-order valence-corrected chi connectivity index (χ4v) is 3.35. The number of aromatic nitrogens is 2. The molecule has 0 spiro atoms. The first-order valence-corrected chi connectivity index (χ1v) is 8.44. The first-order chi connectivity index (χ1) is 10.2. The fraction of sp³-hybridized carbons (Fsp3) is 0.600. The quantitative estimate of drug-likeness (QED) is 0.919. The molecule has 0 bridgehead atoms. The van der Waals surface area contributed by atoms with Crippen LogP contribution in [0.3, 0.4) is 0 Å². The maximum absolute atomic E-state index is 5.34. The molecule has 1 N–H and O–H groups in total. The number of nitrogens with zero attached hydrogens (tertiary/aromatic N) is 3. The Morgan fingerprint density at radius 3 is 3.19 bits per heavy atom. The van der Waals surface area contributed by atoms with Gasteiger partial charge in [0.05, 0.1) is 4.88 Å². The summed E-state index contributed by atoms with van der Waals surface area (Å²) in [5.41, 5.74) is 0. The monoisotopic (exact) mass is 306 g/mol. The van der Waals surface area contributed by atoms with E-state index in [1.54, 1.807) is 11.3 Å². The summed E-state index contributed by atoms with van der Waals surface area (Å²) >= 11 is 1.64. The highest BCUT2D eigenvalue weighted by molar-refractivity contribution is 7.13. The lowest BCUT2D eigenvalue weighted by Gasteiger charge is -2.37. The summed E-state index contributed by atoms with van der Waals surface area (Å²) < 4.78 is 5.34. The van der Waals surface area contributed by atoms with Crippen molar-refractivity contribution in [3.8, 4) is 10.7 Å². The Bertz CT molecular complexity index is 554. The van der Waals surface area contributed by atoms with Gasteiger partial charge in [-0.25, -0.2) is 0 Å². The molecular weight excluding hydrogens is 284 g/mol. The van der Waals surface area contributed by atoms with Crippen molar-refractivity contribution in [1.82, 2.24) is 20.4 Å². The number of aryl methyl sites for hydroxylation is 1. The van der Waals surface area contributed by atoms with E-state index in [2.05, 4.69) is 34.2 Å². The summed E-state index contributed by atoms with van der Waals surface area (Å²) in [5.74, 6) is 1.46. The Labute approximate surface area is 129 Å². The van der Waals surface area contributed by atoms with E-state index < -0.39 is 0 Å². The van der Waals surface area contributed by atoms with Crippen molar-refractivity contribution in [2.45, 2.75) is 38.8 Å². The lowest BCUT2D eigenvalue weighted by atomic mass is 10.1. The van der Waals surface area contributed by atoms with Crippen LogP contribution in [0.1, 0.15) is 26.2 Å². The molecule has 1 aliphatic rings. The summed E-state index contributed by atoms with van der Waals surface area (Å²) in [6.07, 6.45) is 1.91. The topological polar surface area (TPSA) is 54.2 Å². The molecule has 2 aromatic rings. The molecule has 21 heavy (non-hydrogen) atoms. The molecule has 1 fully saturated rings. The maximum atomic E-state index is 5.34. The van der Waals surface area contributed by atoms with Crippen LogP contribution in [0.2, 0.25) is 0 Å². The largest absolute Gasteiger partial charge is 0.339 e. The summed E-state index contributed by atoms with van der Waals surface area (Å²) in [6.45, 7) is 7.80. The van der Waals surface area contributed by atoms with Crippen molar-refractivity contribution in [2.24, 2.45) is 0 Å². The lowest BCUT2D eigenvalue weighted by Crippen LogP contribution is -2.54. The van der Waals surface area contributed by atoms with Crippen LogP contribution >= 0.6 is 11.3 Å². The van der Waals surface area contributed by atoms with Gasteiger partial charge in [-0.3, -0.25) is 4.90 Å². The van der Waals surface area contributed by atoms with Crippen molar-refractivity contribution in [3.63, 3.8) is 0 Å². The normalized spacial score (nSPS) is 23.5. The minimum Gasteiger partial charge on any atom is -0.339 e. The van der Waals surface area contributed by atoms with Crippen LogP contribution in [0, 0.1) is 0 Å². The van der Waals surface area contributed by atoms with Crippen LogP contribution in [0.25, 0.3) is 10.7 Å². The van der Waals surface area contributed by atoms with Crippen LogP contribution < -0.4 is 5.32 Å². The van der Waals surface area contributed by atoms with E-state index >= 15 is 0 Å². The molecule has 1 aliphatic heterocycles. The van der Waals surface area contributed by atoms with Gasteiger partial charge in [-0.1, -0.05) is 11.2 Å². The first kappa shape index (κ1) is 14.7. The van der Waals surface area contributed by atoms with E-state index in [9.17, 15) is 0 Å². The van der Waals surface area contributed by atoms with Gasteiger partial charge in [-0.05, 0) is 38.3 Å². The molecular formula is C15H22N4OS. The average Bonchev–Trinajstić information content (AvgIpc) is 3.13. The van der Waals surface area contributed by atoms with E-state index in [0.29, 0.717) is 17.9 Å². The van der Waals surface area contributed by atoms with Crippen LogP contribution in [-0.2, 0) is 6.42 Å². The van der Waals surface area contributed by atoms with Gasteiger partial charge in [-0.15, -0.1) is 11.3 Å². The van der Waals surface area contributed by atoms with Crippen LogP contribution in [0.15, 0.2) is 22.0 Å². The van der Waals surface area contributed by atoms with Crippen molar-refractivity contribution in [3.05, 3.63) is 23.4 Å². The number of hydrogen-bond acceptors (Lipinski definition) is 6. The molecule has 5 nitrogen and oxygen atoms in total. The summed E-state index contributed by atoms with van der Waals surface area (Å²) in [5, 5.41) is 9.59. The van der Waals surface area contributed by atoms with Gasteiger partial charge in [0.2, 0.25) is 11.7 Å². The van der Waals surface area contributed by atoms with Crippen molar-refractivity contribution in [2.75, 3.05) is 19.6 Å². The third-order valence-corrected chi connectivity index (χ3v) is 4.80. The van der Waals surface area contributed by atoms with E-state index in [1.165, 1.54) is 0 Å². The number of nitrogens with one attached hydrogen (secondary N) is 1. The van der Waals surface area contributed by atoms with Gasteiger partial charge in [-0.2, -0.15) is 4.98 Å². The first-order valence-electron chi connectivity index (χ1n) is 7.56. The molecule has 114 valence electrons. The smallest absolute Gasteiger partial charge is 0.227 e. The minimum atomic E-state index is 0.579. The van der Waals surface area contributed by atoms with Gasteiger partial charge in [0.1, 0.15) is 0 Å². The standard InChI is InChI=1S/C15H22N4OS/c1-11-10-19(12(2)9-16-11)7-3-6-14-17-15(18-20-14)13-5-4-8-21-13/h4-5,8,11-12,16H,3,6-7,9-10H2,1-2H3. The second kappa shape index (κ2) is 6.68. The van der Waals surface area contributed by atoms with Gasteiger partial charge >= 0.3 is 0 Å². The Morgan fingerprint density at radius 1 is 1.48 bits per heavy atom. The molecule has 3 heterocycles. The summed E-state index contributed by atoms with van der Waals surface area (Å²) in [4.78, 5) is 8.07. The highest BCUT2D eigenvalue weighted by Gasteiger charge is 2.21. The second-order valence-corrected chi connectivity index (χ2v) is 6.69. The van der Waals surface area contributed by atoms with Crippen molar-refractivity contribution >= 4 is 11.3 Å². The summed E-state index contributed by atoms with van der Waals surface area (Å²) in [6, 6.07) is 5.20. The predicted octanol–water partition coefficient (Wildman–Crippen LogP) is 2.41. The average molecular weight is 306 g/mol. The van der Waals surface area contributed by atoms with Gasteiger partial charge < -0.3 is 9.84 Å². The van der Waals surface area contributed by atoms with E-state index in [4.69, 9.17) is 4.52 Å². The third-order valence-electron chi connectivity index (χ3n) is 3.94. The molecule has 0 saturated carbocycles. The number of thiophene rings is 1. The predicted molar refractivity (Wildman–Crippen MR) is 84.4 cm³/mol. The molecule has 1 saturated heterocycles. The molecule has 0 aromatic carbocycles. The molecule has 6 heteroatoms. The zero-order chi connectivity index (χ0) is 14.7. The zero-order valence-corrected chi connectivity index (χ0v) is 13.4. The fourth-order valence-electron chi connectivity index (χ4n) is 2.70. The SMILES string of the molecule is CC1CN(CCCc2nc(-c3cccs3)no2)C(C)CN1. The van der Waals surface area contributed by atoms with Gasteiger partial charge in [0.15, 0.2) is 0 Å². The molecule has 0 aliphatic carbocycles. The molecule has 2 aromatic heterocycles. The van der Waals surface area contributed by atoms with Crippen LogP contribution in [-0.4, -0.2) is 46.8 Å². The number of rotatable bonds is 5. The number of piperazine rings is 1. The molecule has 2 atom stereocenters. The Kier molecular flexibility index (Phi) is 4.67. The molecule has 3 rings (SSSR count). The van der Waals surface area contributed by atoms with Crippen molar-refractivity contribution < 1.29 is 4.52 Å². The second-order valence-electron chi connectivity index (χ2n) is 5.75. The minimum absolute atomic E-state index is 0.579. The van der Waals surface area contributed by atoms with Crippen LogP contribution in [0.4, 0.5) is 0 Å². The van der Waals surface area contributed by atoms with E-state index in [-0.39, 0.29) is 0 Å². The number of hydrogen-bond donors (Lipinski definition) is 1. The lowest BCUT2D eigenvalue weighted by molar-refractivity contribution is 0.144. The summed E-state index contributed by atoms with van der Waals surface area (Å²) in [7, 11) is 0. The van der Waals surface area contributed by atoms with Crippen LogP contribution in [0.5, 0.6) is 0 Å². The zero-order valence-electron chi connectivity index (χ0n) is 12.6. The maximum Gasteiger partial charge on any atom is 0.227 e. The Hall–Kier alpha value is -1.24. The molecule has 2 unspecified atom stereocenters. The van der Waals surface area contributed by atoms with Crippen molar-refractivity contribution in [1.29, 1.82) is 0 Å². The van der Waals surface area contributed by atoms with Gasteiger partial charge in [0.25, 0.3) is 0 Å². The molecule has 0 amide bonds. The Balaban J connectivity index is 1.49. The van der Waals surface area contributed by atoms with Gasteiger partial charge in [0, 0.05) is 31.6 Å². The highest BCUT2D eigenvalue weighted by atomic mass is 32.1. The third kappa shape index (κ3) is 3.70. The van der Waals surface area contributed by atoms with E-state index in [1.807, 2.05) is 17.5 Å².